The average Bonchev–Trinajstić information content (AvgIpc) is 2.91. The molecule has 0 radical (unpaired) electrons. The number of ether oxygens (including phenoxy) is 1. The Kier molecular flexibility index (Phi) is 7.42. The molecule has 0 fully saturated rings. The molecule has 2 unspecified atom stereocenters. The van der Waals surface area contributed by atoms with E-state index in [0.29, 0.717) is 33.9 Å². The molecule has 0 amide bonds. The molecule has 1 aromatic heterocycles. The first-order valence-electron chi connectivity index (χ1n) is 6.61. The third-order valence-corrected chi connectivity index (χ3v) is 3.76. The first-order chi connectivity index (χ1) is 9.99. The Labute approximate surface area is 145 Å². The summed E-state index contributed by atoms with van der Waals surface area (Å²) in [6.07, 6.45) is 0.327. The highest BCUT2D eigenvalue weighted by Crippen LogP contribution is 2.28. The van der Waals surface area contributed by atoms with Gasteiger partial charge < -0.3 is 14.6 Å². The third-order valence-electron chi connectivity index (χ3n) is 3.02. The van der Waals surface area contributed by atoms with Crippen LogP contribution in [0.1, 0.15) is 31.7 Å². The number of halogens is 3. The van der Waals surface area contributed by atoms with Gasteiger partial charge in [-0.3, -0.25) is 0 Å². The van der Waals surface area contributed by atoms with Gasteiger partial charge >= 0.3 is 0 Å². The van der Waals surface area contributed by atoms with E-state index in [9.17, 15) is 0 Å². The van der Waals surface area contributed by atoms with Crippen molar-refractivity contribution in [2.75, 3.05) is 7.05 Å². The Bertz CT molecular complexity index is 607. The van der Waals surface area contributed by atoms with Gasteiger partial charge in [-0.1, -0.05) is 28.4 Å². The molecule has 2 rings (SSSR count). The van der Waals surface area contributed by atoms with Crippen LogP contribution in [-0.4, -0.2) is 23.2 Å². The number of aromatic nitrogens is 2. The summed E-state index contributed by atoms with van der Waals surface area (Å²) >= 11 is 11.8. The van der Waals surface area contributed by atoms with E-state index in [-0.39, 0.29) is 24.6 Å². The summed E-state index contributed by atoms with van der Waals surface area (Å²) in [6, 6.07) is 5.35. The Morgan fingerprint density at radius 3 is 2.64 bits per heavy atom. The molecule has 0 saturated carbocycles. The van der Waals surface area contributed by atoms with Crippen molar-refractivity contribution >= 4 is 35.6 Å². The van der Waals surface area contributed by atoms with Gasteiger partial charge in [0.05, 0.1) is 10.0 Å². The monoisotopic (exact) mass is 365 g/mol. The topological polar surface area (TPSA) is 60.2 Å². The van der Waals surface area contributed by atoms with E-state index < -0.39 is 0 Å². The van der Waals surface area contributed by atoms with Gasteiger partial charge in [-0.2, -0.15) is 4.98 Å². The Morgan fingerprint density at radius 2 is 2.00 bits per heavy atom. The zero-order chi connectivity index (χ0) is 15.4. The van der Waals surface area contributed by atoms with Gasteiger partial charge in [-0.05, 0) is 33.0 Å². The number of rotatable bonds is 6. The summed E-state index contributed by atoms with van der Waals surface area (Å²) in [5, 5.41) is 7.99. The van der Waals surface area contributed by atoms with Crippen molar-refractivity contribution in [3.8, 4) is 5.75 Å². The number of benzene rings is 1. The van der Waals surface area contributed by atoms with Crippen molar-refractivity contribution < 1.29 is 9.26 Å². The molecule has 122 valence electrons. The molecule has 0 aliphatic rings. The van der Waals surface area contributed by atoms with Crippen LogP contribution in [-0.2, 0) is 6.42 Å². The minimum absolute atomic E-state index is 0. The number of hydrogen-bond acceptors (Lipinski definition) is 5. The van der Waals surface area contributed by atoms with Gasteiger partial charge in [0, 0.05) is 18.5 Å². The number of likely N-dealkylation sites (N-methyl/N-ethyl adjacent to an activating group) is 1. The predicted octanol–water partition coefficient (Wildman–Crippen LogP) is 4.09. The second kappa shape index (κ2) is 8.58. The molecule has 0 bridgehead atoms. The summed E-state index contributed by atoms with van der Waals surface area (Å²) < 4.78 is 11.0. The molecule has 8 heteroatoms. The van der Waals surface area contributed by atoms with Gasteiger partial charge in [0.1, 0.15) is 5.75 Å². The van der Waals surface area contributed by atoms with Crippen LogP contribution in [0.5, 0.6) is 5.75 Å². The van der Waals surface area contributed by atoms with Crippen LogP contribution in [0.4, 0.5) is 0 Å². The fraction of sp³-hybridized carbons (Fsp3) is 0.429. The lowest BCUT2D eigenvalue weighted by Gasteiger charge is -2.11. The lowest BCUT2D eigenvalue weighted by atomic mass is 10.2. The van der Waals surface area contributed by atoms with Crippen LogP contribution in [0.15, 0.2) is 22.7 Å². The minimum Gasteiger partial charge on any atom is -0.481 e. The van der Waals surface area contributed by atoms with Crippen molar-refractivity contribution in [3.05, 3.63) is 40.0 Å². The second-order valence-corrected chi connectivity index (χ2v) is 5.59. The molecule has 1 heterocycles. The maximum Gasteiger partial charge on any atom is 0.267 e. The van der Waals surface area contributed by atoms with Crippen molar-refractivity contribution in [2.24, 2.45) is 0 Å². The molecule has 22 heavy (non-hydrogen) atoms. The van der Waals surface area contributed by atoms with E-state index in [2.05, 4.69) is 15.5 Å². The summed E-state index contributed by atoms with van der Waals surface area (Å²) in [7, 11) is 1.89. The van der Waals surface area contributed by atoms with E-state index in [1.807, 2.05) is 20.9 Å². The van der Waals surface area contributed by atoms with Crippen LogP contribution in [0.25, 0.3) is 0 Å². The fourth-order valence-corrected chi connectivity index (χ4v) is 1.98. The van der Waals surface area contributed by atoms with Gasteiger partial charge in [0.25, 0.3) is 5.89 Å². The quantitative estimate of drug-likeness (QED) is 0.834. The summed E-state index contributed by atoms with van der Waals surface area (Å²) in [4.78, 5) is 4.33. The molecule has 0 aliphatic heterocycles. The molecule has 2 atom stereocenters. The maximum atomic E-state index is 5.95. The van der Waals surface area contributed by atoms with E-state index in [4.69, 9.17) is 32.5 Å². The lowest BCUT2D eigenvalue weighted by molar-refractivity contribution is 0.175. The van der Waals surface area contributed by atoms with Crippen molar-refractivity contribution in [2.45, 2.75) is 32.4 Å². The van der Waals surface area contributed by atoms with E-state index in [0.717, 1.165) is 0 Å². The standard InChI is InChI=1S/C14H17Cl2N3O2.ClH/c1-8(17-3)6-13-18-14(21-19-13)9(2)20-10-4-5-11(15)12(16)7-10;/h4-5,7-9,17H,6H2,1-3H3;1H. The molecule has 1 aromatic carbocycles. The van der Waals surface area contributed by atoms with Crippen LogP contribution >= 0.6 is 35.6 Å². The van der Waals surface area contributed by atoms with Gasteiger partial charge in [0.15, 0.2) is 11.9 Å². The van der Waals surface area contributed by atoms with Crippen molar-refractivity contribution in [3.63, 3.8) is 0 Å². The zero-order valence-electron chi connectivity index (χ0n) is 12.5. The van der Waals surface area contributed by atoms with E-state index >= 15 is 0 Å². The Hall–Kier alpha value is -1.01. The first-order valence-corrected chi connectivity index (χ1v) is 7.36. The largest absolute Gasteiger partial charge is 0.481 e. The molecular formula is C14H18Cl3N3O2. The second-order valence-electron chi connectivity index (χ2n) is 4.78. The average molecular weight is 367 g/mol. The Balaban J connectivity index is 0.00000242. The molecule has 0 spiro atoms. The van der Waals surface area contributed by atoms with Crippen LogP contribution < -0.4 is 10.1 Å². The highest BCUT2D eigenvalue weighted by atomic mass is 35.5. The summed E-state index contributed by atoms with van der Waals surface area (Å²) in [6.45, 7) is 3.88. The van der Waals surface area contributed by atoms with E-state index in [1.165, 1.54) is 0 Å². The number of hydrogen-bond donors (Lipinski definition) is 1. The molecule has 2 aromatic rings. The smallest absolute Gasteiger partial charge is 0.267 e. The van der Waals surface area contributed by atoms with Crippen LogP contribution in [0.2, 0.25) is 10.0 Å². The maximum absolute atomic E-state index is 5.95. The molecule has 0 saturated heterocycles. The van der Waals surface area contributed by atoms with Gasteiger partial charge in [-0.25, -0.2) is 0 Å². The van der Waals surface area contributed by atoms with Crippen LogP contribution in [0, 0.1) is 0 Å². The summed E-state index contributed by atoms with van der Waals surface area (Å²) in [5.74, 6) is 1.68. The highest BCUT2D eigenvalue weighted by molar-refractivity contribution is 6.42. The predicted molar refractivity (Wildman–Crippen MR) is 89.3 cm³/mol. The van der Waals surface area contributed by atoms with Crippen LogP contribution in [0.3, 0.4) is 0 Å². The molecule has 5 nitrogen and oxygen atoms in total. The first kappa shape index (κ1) is 19.0. The normalized spacial score (nSPS) is 13.3. The summed E-state index contributed by atoms with van der Waals surface area (Å²) in [5.41, 5.74) is 0. The fourth-order valence-electron chi connectivity index (χ4n) is 1.70. The van der Waals surface area contributed by atoms with Gasteiger partial charge in [0.2, 0.25) is 0 Å². The molecular weight excluding hydrogens is 349 g/mol. The SMILES string of the molecule is CNC(C)Cc1noc(C(C)Oc2ccc(Cl)c(Cl)c2)n1.Cl. The third kappa shape index (κ3) is 5.02. The lowest BCUT2D eigenvalue weighted by Crippen LogP contribution is -2.24. The minimum atomic E-state index is -0.367. The van der Waals surface area contributed by atoms with Crippen molar-refractivity contribution in [1.29, 1.82) is 0 Å². The molecule has 0 aliphatic carbocycles. The molecule has 1 N–H and O–H groups in total. The zero-order valence-corrected chi connectivity index (χ0v) is 14.8. The van der Waals surface area contributed by atoms with E-state index in [1.54, 1.807) is 18.2 Å². The van der Waals surface area contributed by atoms with Crippen molar-refractivity contribution in [1.82, 2.24) is 15.5 Å². The van der Waals surface area contributed by atoms with Gasteiger partial charge in [-0.15, -0.1) is 12.4 Å². The Morgan fingerprint density at radius 1 is 1.27 bits per heavy atom. The number of nitrogens with zero attached hydrogens (tertiary/aromatic N) is 2. The highest BCUT2D eigenvalue weighted by Gasteiger charge is 2.17. The number of nitrogens with one attached hydrogen (secondary N) is 1.